The minimum Gasteiger partial charge on any atom is -0.334 e. The van der Waals surface area contributed by atoms with Gasteiger partial charge in [0.05, 0.1) is 11.0 Å². The number of nitrogens with zero attached hydrogens (tertiary/aromatic N) is 3. The lowest BCUT2D eigenvalue weighted by Crippen LogP contribution is -2.42. The van der Waals surface area contributed by atoms with Gasteiger partial charge in [-0.15, -0.1) is 0 Å². The molecule has 1 heterocycles. The molecule has 1 saturated carbocycles. The average Bonchev–Trinajstić information content (AvgIpc) is 3.25. The van der Waals surface area contributed by atoms with Crippen LogP contribution in [0.4, 0.5) is 0 Å². The van der Waals surface area contributed by atoms with Crippen molar-refractivity contribution in [3.63, 3.8) is 0 Å². The zero-order chi connectivity index (χ0) is 24.0. The highest BCUT2D eigenvalue weighted by atomic mass is 35.5. The Bertz CT molecular complexity index is 1300. The van der Waals surface area contributed by atoms with Gasteiger partial charge in [-0.3, -0.25) is 4.79 Å². The molecule has 5 heteroatoms. The van der Waals surface area contributed by atoms with Gasteiger partial charge in [0.15, 0.2) is 0 Å². The number of imidazole rings is 1. The lowest BCUT2D eigenvalue weighted by Gasteiger charge is -2.35. The smallest absolute Gasteiger partial charge is 0.243 e. The number of amides is 1. The maximum Gasteiger partial charge on any atom is 0.243 e. The number of halogens is 1. The van der Waals surface area contributed by atoms with E-state index in [1.807, 2.05) is 83.4 Å². The predicted molar refractivity (Wildman–Crippen MR) is 144 cm³/mol. The number of hydrogen-bond donors (Lipinski definition) is 0. The van der Waals surface area contributed by atoms with Crippen LogP contribution in [0.1, 0.15) is 49.1 Å². The number of carbonyl (C=O) groups excluding carboxylic acids is 1. The second-order valence-corrected chi connectivity index (χ2v) is 9.67. The van der Waals surface area contributed by atoms with Crippen molar-refractivity contribution >= 4 is 40.7 Å². The van der Waals surface area contributed by atoms with Crippen molar-refractivity contribution < 1.29 is 4.79 Å². The van der Waals surface area contributed by atoms with Crippen LogP contribution in [0.25, 0.3) is 23.2 Å². The molecule has 1 aliphatic carbocycles. The standard InChI is InChI=1S/C30H30ClN3O/c31-25-18-15-23(16-19-25)17-20-29-32-27-13-7-8-14-28(27)34(29)22-30(35)33(26-11-5-2-6-12-26)21-24-9-3-1-4-10-24/h1,3-4,7-10,13-20,26H,2,5-6,11-12,21-22H2/b20-17+. The zero-order valence-electron chi connectivity index (χ0n) is 19.8. The van der Waals surface area contributed by atoms with Gasteiger partial charge in [0.2, 0.25) is 5.91 Å². The lowest BCUT2D eigenvalue weighted by molar-refractivity contribution is -0.135. The van der Waals surface area contributed by atoms with E-state index in [1.54, 1.807) is 0 Å². The molecule has 1 fully saturated rings. The van der Waals surface area contributed by atoms with Gasteiger partial charge in [-0.25, -0.2) is 4.98 Å². The molecular formula is C30H30ClN3O. The second kappa shape index (κ2) is 10.9. The number of hydrogen-bond acceptors (Lipinski definition) is 2. The fraction of sp³-hybridized carbons (Fsp3) is 0.267. The summed E-state index contributed by atoms with van der Waals surface area (Å²) in [5.41, 5.74) is 4.07. The maximum absolute atomic E-state index is 13.9. The third-order valence-corrected chi connectivity index (χ3v) is 7.06. The average molecular weight is 484 g/mol. The first-order valence-corrected chi connectivity index (χ1v) is 12.8. The number of aromatic nitrogens is 2. The van der Waals surface area contributed by atoms with Gasteiger partial charge in [0.1, 0.15) is 12.4 Å². The van der Waals surface area contributed by atoms with Crippen molar-refractivity contribution in [1.82, 2.24) is 14.5 Å². The Kier molecular flexibility index (Phi) is 7.29. The molecule has 0 N–H and O–H groups in total. The summed E-state index contributed by atoms with van der Waals surface area (Å²) in [5, 5.41) is 0.709. The molecule has 0 bridgehead atoms. The van der Waals surface area contributed by atoms with Crippen LogP contribution in [-0.2, 0) is 17.9 Å². The number of para-hydroxylation sites is 2. The third kappa shape index (κ3) is 5.66. The Morgan fingerprint density at radius 2 is 1.63 bits per heavy atom. The summed E-state index contributed by atoms with van der Waals surface area (Å²) in [7, 11) is 0. The largest absolute Gasteiger partial charge is 0.334 e. The van der Waals surface area contributed by atoms with Crippen molar-refractivity contribution in [2.75, 3.05) is 0 Å². The summed E-state index contributed by atoms with van der Waals surface area (Å²) in [6, 6.07) is 26.3. The van der Waals surface area contributed by atoms with Crippen LogP contribution in [0.15, 0.2) is 78.9 Å². The van der Waals surface area contributed by atoms with Crippen molar-refractivity contribution in [3.8, 4) is 0 Å². The minimum absolute atomic E-state index is 0.144. The maximum atomic E-state index is 13.9. The molecule has 4 nitrogen and oxygen atoms in total. The van der Waals surface area contributed by atoms with Gasteiger partial charge in [0, 0.05) is 17.6 Å². The first kappa shape index (κ1) is 23.4. The first-order valence-electron chi connectivity index (χ1n) is 12.4. The number of fused-ring (bicyclic) bond motifs is 1. The summed E-state index contributed by atoms with van der Waals surface area (Å²) >= 11 is 6.03. The first-order chi connectivity index (χ1) is 17.2. The SMILES string of the molecule is O=C(Cn1c(/C=C/c2ccc(Cl)cc2)nc2ccccc21)N(Cc1ccccc1)C1CCCCC1. The molecule has 0 aliphatic heterocycles. The van der Waals surface area contributed by atoms with Gasteiger partial charge < -0.3 is 9.47 Å². The normalized spacial score (nSPS) is 14.5. The van der Waals surface area contributed by atoms with E-state index in [-0.39, 0.29) is 12.5 Å². The highest BCUT2D eigenvalue weighted by Gasteiger charge is 2.26. The monoisotopic (exact) mass is 483 g/mol. The van der Waals surface area contributed by atoms with Crippen molar-refractivity contribution in [2.45, 2.75) is 51.2 Å². The van der Waals surface area contributed by atoms with E-state index in [4.69, 9.17) is 16.6 Å². The Balaban J connectivity index is 1.45. The van der Waals surface area contributed by atoms with E-state index in [1.165, 1.54) is 24.8 Å². The van der Waals surface area contributed by atoms with Crippen molar-refractivity contribution in [3.05, 3.63) is 101 Å². The molecule has 5 rings (SSSR count). The summed E-state index contributed by atoms with van der Waals surface area (Å²) in [5.74, 6) is 0.919. The predicted octanol–water partition coefficient (Wildman–Crippen LogP) is 7.22. The molecule has 0 unspecified atom stereocenters. The van der Waals surface area contributed by atoms with Gasteiger partial charge in [-0.2, -0.15) is 0 Å². The van der Waals surface area contributed by atoms with Crippen LogP contribution in [0.2, 0.25) is 5.02 Å². The van der Waals surface area contributed by atoms with Gasteiger partial charge in [-0.05, 0) is 54.3 Å². The van der Waals surface area contributed by atoms with E-state index in [9.17, 15) is 4.79 Å². The van der Waals surface area contributed by atoms with E-state index in [0.717, 1.165) is 35.3 Å². The number of carbonyl (C=O) groups is 1. The topological polar surface area (TPSA) is 38.1 Å². The highest BCUT2D eigenvalue weighted by molar-refractivity contribution is 6.30. The number of benzene rings is 3. The summed E-state index contributed by atoms with van der Waals surface area (Å²) in [4.78, 5) is 20.8. The molecule has 35 heavy (non-hydrogen) atoms. The molecule has 3 aromatic carbocycles. The fourth-order valence-corrected chi connectivity index (χ4v) is 5.08. The van der Waals surface area contributed by atoms with Crippen LogP contribution in [0.3, 0.4) is 0 Å². The highest BCUT2D eigenvalue weighted by Crippen LogP contribution is 2.26. The Labute approximate surface area is 211 Å². The zero-order valence-corrected chi connectivity index (χ0v) is 20.6. The van der Waals surface area contributed by atoms with Crippen molar-refractivity contribution in [2.24, 2.45) is 0 Å². The van der Waals surface area contributed by atoms with Crippen LogP contribution >= 0.6 is 11.6 Å². The number of rotatable bonds is 7. The Morgan fingerprint density at radius 1 is 0.914 bits per heavy atom. The summed E-state index contributed by atoms with van der Waals surface area (Å²) < 4.78 is 2.05. The van der Waals surface area contributed by atoms with E-state index >= 15 is 0 Å². The lowest BCUT2D eigenvalue weighted by atomic mass is 9.93. The molecule has 0 atom stereocenters. The summed E-state index contributed by atoms with van der Waals surface area (Å²) in [6.45, 7) is 0.914. The molecule has 4 aromatic rings. The molecule has 0 radical (unpaired) electrons. The van der Waals surface area contributed by atoms with Crippen LogP contribution in [0, 0.1) is 0 Å². The molecule has 1 amide bonds. The van der Waals surface area contributed by atoms with Gasteiger partial charge >= 0.3 is 0 Å². The molecule has 1 aliphatic rings. The van der Waals surface area contributed by atoms with Crippen LogP contribution in [-0.4, -0.2) is 26.4 Å². The van der Waals surface area contributed by atoms with Gasteiger partial charge in [-0.1, -0.05) is 91.5 Å². The molecule has 0 spiro atoms. The van der Waals surface area contributed by atoms with Gasteiger partial charge in [0.25, 0.3) is 0 Å². The van der Waals surface area contributed by atoms with Crippen LogP contribution < -0.4 is 0 Å². The Morgan fingerprint density at radius 3 is 2.40 bits per heavy atom. The van der Waals surface area contributed by atoms with Crippen LogP contribution in [0.5, 0.6) is 0 Å². The van der Waals surface area contributed by atoms with Crippen molar-refractivity contribution in [1.29, 1.82) is 0 Å². The minimum atomic E-state index is 0.144. The van der Waals surface area contributed by atoms with E-state index in [0.29, 0.717) is 17.6 Å². The second-order valence-electron chi connectivity index (χ2n) is 9.23. The molecule has 0 saturated heterocycles. The molecular weight excluding hydrogens is 454 g/mol. The summed E-state index contributed by atoms with van der Waals surface area (Å²) in [6.07, 6.45) is 9.79. The molecule has 1 aromatic heterocycles. The van der Waals surface area contributed by atoms with E-state index < -0.39 is 0 Å². The quantitative estimate of drug-likeness (QED) is 0.278. The van der Waals surface area contributed by atoms with E-state index in [2.05, 4.69) is 17.0 Å². The molecule has 178 valence electrons. The fourth-order valence-electron chi connectivity index (χ4n) is 4.95. The Hall–Kier alpha value is -3.37. The third-order valence-electron chi connectivity index (χ3n) is 6.80.